The minimum atomic E-state index is -0.663. The molecule has 2 aromatic carbocycles. The van der Waals surface area contributed by atoms with Gasteiger partial charge >= 0.3 is 0 Å². The van der Waals surface area contributed by atoms with Crippen molar-refractivity contribution < 1.29 is 9.59 Å². The summed E-state index contributed by atoms with van der Waals surface area (Å²) < 4.78 is 0. The van der Waals surface area contributed by atoms with E-state index in [-0.39, 0.29) is 17.0 Å². The average Bonchev–Trinajstić information content (AvgIpc) is 2.58. The lowest BCUT2D eigenvalue weighted by atomic mass is 10.0. The molecule has 0 aliphatic carbocycles. The van der Waals surface area contributed by atoms with Gasteiger partial charge < -0.3 is 0 Å². The van der Waals surface area contributed by atoms with E-state index in [1.54, 1.807) is 48.5 Å². The number of amides is 2. The third kappa shape index (κ3) is 3.79. The number of nitrogens with one attached hydrogen (secondary N) is 1. The van der Waals surface area contributed by atoms with E-state index in [0.29, 0.717) is 5.56 Å². The second-order valence-electron chi connectivity index (χ2n) is 6.28. The third-order valence-corrected chi connectivity index (χ3v) is 3.40. The molecule has 0 aliphatic heterocycles. The number of carbonyl (C=O) groups is 2. The molecule has 0 unspecified atom stereocenters. The number of nitriles is 1. The van der Waals surface area contributed by atoms with Crippen LogP contribution in [-0.4, -0.2) is 22.4 Å². The molecule has 0 aromatic heterocycles. The number of nitrogens with zero attached hydrogens (tertiary/aromatic N) is 2. The van der Waals surface area contributed by atoms with Crippen LogP contribution in [0.5, 0.6) is 0 Å². The zero-order valence-corrected chi connectivity index (χ0v) is 13.9. The molecule has 24 heavy (non-hydrogen) atoms. The zero-order chi connectivity index (χ0) is 17.7. The first kappa shape index (κ1) is 17.2. The van der Waals surface area contributed by atoms with Crippen LogP contribution in [0.3, 0.4) is 0 Å². The van der Waals surface area contributed by atoms with Crippen LogP contribution >= 0.6 is 0 Å². The second kappa shape index (κ2) is 6.97. The van der Waals surface area contributed by atoms with Crippen LogP contribution in [0.2, 0.25) is 0 Å². The Hall–Kier alpha value is -3.13. The highest BCUT2D eigenvalue weighted by molar-refractivity contribution is 6.00. The van der Waals surface area contributed by atoms with Gasteiger partial charge in [0.15, 0.2) is 0 Å². The molecule has 0 fully saturated rings. The summed E-state index contributed by atoms with van der Waals surface area (Å²) in [7, 11) is 0. The summed E-state index contributed by atoms with van der Waals surface area (Å²) in [6, 6.07) is 17.2. The molecule has 0 atom stereocenters. The lowest BCUT2D eigenvalue weighted by Gasteiger charge is -2.35. The first-order valence-corrected chi connectivity index (χ1v) is 7.54. The maximum atomic E-state index is 12.9. The predicted molar refractivity (Wildman–Crippen MR) is 91.0 cm³/mol. The summed E-state index contributed by atoms with van der Waals surface area (Å²) >= 11 is 0. The molecule has 2 rings (SSSR count). The second-order valence-corrected chi connectivity index (χ2v) is 6.28. The van der Waals surface area contributed by atoms with Crippen molar-refractivity contribution in [3.05, 3.63) is 71.3 Å². The van der Waals surface area contributed by atoms with Gasteiger partial charge in [-0.3, -0.25) is 15.0 Å². The van der Waals surface area contributed by atoms with E-state index in [1.165, 1.54) is 5.01 Å². The summed E-state index contributed by atoms with van der Waals surface area (Å²) in [6.45, 7) is 5.43. The van der Waals surface area contributed by atoms with Crippen LogP contribution < -0.4 is 5.43 Å². The summed E-state index contributed by atoms with van der Waals surface area (Å²) in [5, 5.41) is 10.5. The van der Waals surface area contributed by atoms with Gasteiger partial charge in [-0.2, -0.15) is 5.26 Å². The maximum Gasteiger partial charge on any atom is 0.274 e. The van der Waals surface area contributed by atoms with Crippen molar-refractivity contribution in [2.75, 3.05) is 0 Å². The van der Waals surface area contributed by atoms with Crippen molar-refractivity contribution in [2.24, 2.45) is 0 Å². The van der Waals surface area contributed by atoms with Crippen molar-refractivity contribution in [1.82, 2.24) is 10.4 Å². The van der Waals surface area contributed by atoms with Gasteiger partial charge in [-0.15, -0.1) is 0 Å². The van der Waals surface area contributed by atoms with Gasteiger partial charge in [0.05, 0.1) is 22.7 Å². The van der Waals surface area contributed by atoms with Crippen LogP contribution in [0.4, 0.5) is 0 Å². The Morgan fingerprint density at radius 3 is 2.17 bits per heavy atom. The van der Waals surface area contributed by atoms with Crippen LogP contribution in [0.1, 0.15) is 47.1 Å². The fourth-order valence-corrected chi connectivity index (χ4v) is 2.17. The summed E-state index contributed by atoms with van der Waals surface area (Å²) in [6.07, 6.45) is 0. The monoisotopic (exact) mass is 321 g/mol. The van der Waals surface area contributed by atoms with Gasteiger partial charge in [0.1, 0.15) is 0 Å². The molecule has 0 saturated heterocycles. The number of carbonyl (C=O) groups excluding carboxylic acids is 2. The first-order chi connectivity index (χ1) is 11.3. The largest absolute Gasteiger partial charge is 0.274 e. The molecular weight excluding hydrogens is 302 g/mol. The molecule has 2 amide bonds. The molecule has 0 spiro atoms. The average molecular weight is 321 g/mol. The fraction of sp³-hybridized carbons (Fsp3) is 0.211. The van der Waals surface area contributed by atoms with Crippen molar-refractivity contribution in [3.63, 3.8) is 0 Å². The van der Waals surface area contributed by atoms with Crippen molar-refractivity contribution >= 4 is 11.8 Å². The minimum Gasteiger partial charge on any atom is -0.267 e. The Kier molecular flexibility index (Phi) is 5.00. The molecule has 5 heteroatoms. The molecule has 5 nitrogen and oxygen atoms in total. The maximum absolute atomic E-state index is 12.9. The highest BCUT2D eigenvalue weighted by Crippen LogP contribution is 2.18. The molecular formula is C19H19N3O2. The summed E-state index contributed by atoms with van der Waals surface area (Å²) in [4.78, 5) is 25.3. The van der Waals surface area contributed by atoms with Gasteiger partial charge in [-0.25, -0.2) is 5.01 Å². The van der Waals surface area contributed by atoms with Crippen LogP contribution in [-0.2, 0) is 0 Å². The fourth-order valence-electron chi connectivity index (χ4n) is 2.17. The number of rotatable bonds is 2. The quantitative estimate of drug-likeness (QED) is 0.864. The normalized spacial score (nSPS) is 10.6. The number of benzene rings is 2. The highest BCUT2D eigenvalue weighted by atomic mass is 16.2. The van der Waals surface area contributed by atoms with E-state index in [1.807, 2.05) is 32.9 Å². The molecule has 2 aromatic rings. The standard InChI is InChI=1S/C19H19N3O2/c1-19(2,3)22(21-17(23)14-9-5-4-6-10-14)18(24)16-12-8-7-11-15(16)13-20/h4-12H,1-3H3,(H,21,23). The van der Waals surface area contributed by atoms with Crippen molar-refractivity contribution in [2.45, 2.75) is 26.3 Å². The predicted octanol–water partition coefficient (Wildman–Crippen LogP) is 3.14. The summed E-state index contributed by atoms with van der Waals surface area (Å²) in [5.41, 5.74) is 2.97. The Bertz CT molecular complexity index is 786. The Morgan fingerprint density at radius 2 is 1.58 bits per heavy atom. The van der Waals surface area contributed by atoms with Crippen LogP contribution in [0, 0.1) is 11.3 Å². The van der Waals surface area contributed by atoms with Gasteiger partial charge in [0.2, 0.25) is 0 Å². The Morgan fingerprint density at radius 1 is 1.00 bits per heavy atom. The van der Waals surface area contributed by atoms with Gasteiger partial charge in [0, 0.05) is 5.56 Å². The van der Waals surface area contributed by atoms with E-state index in [2.05, 4.69) is 5.43 Å². The third-order valence-electron chi connectivity index (χ3n) is 3.40. The van der Waals surface area contributed by atoms with Gasteiger partial charge in [0.25, 0.3) is 11.8 Å². The zero-order valence-electron chi connectivity index (χ0n) is 13.9. The Balaban J connectivity index is 2.35. The van der Waals surface area contributed by atoms with E-state index in [4.69, 9.17) is 0 Å². The molecule has 122 valence electrons. The molecule has 1 N–H and O–H groups in total. The summed E-state index contributed by atoms with van der Waals surface area (Å²) in [5.74, 6) is -0.808. The number of hydrazine groups is 1. The van der Waals surface area contributed by atoms with Crippen molar-refractivity contribution in [3.8, 4) is 6.07 Å². The molecule has 0 bridgehead atoms. The molecule has 0 aliphatic rings. The lowest BCUT2D eigenvalue weighted by Crippen LogP contribution is -2.56. The topological polar surface area (TPSA) is 73.2 Å². The van der Waals surface area contributed by atoms with E-state index in [0.717, 1.165) is 0 Å². The van der Waals surface area contributed by atoms with Crippen LogP contribution in [0.15, 0.2) is 54.6 Å². The van der Waals surface area contributed by atoms with Crippen molar-refractivity contribution in [1.29, 1.82) is 5.26 Å². The van der Waals surface area contributed by atoms with E-state index >= 15 is 0 Å². The molecule has 0 heterocycles. The SMILES string of the molecule is CC(C)(C)N(NC(=O)c1ccccc1)C(=O)c1ccccc1C#N. The van der Waals surface area contributed by atoms with Crippen LogP contribution in [0.25, 0.3) is 0 Å². The highest BCUT2D eigenvalue weighted by Gasteiger charge is 2.30. The van der Waals surface area contributed by atoms with E-state index in [9.17, 15) is 14.9 Å². The molecule has 0 saturated carbocycles. The van der Waals surface area contributed by atoms with E-state index < -0.39 is 11.4 Å². The molecule has 0 radical (unpaired) electrons. The van der Waals surface area contributed by atoms with Gasteiger partial charge in [-0.1, -0.05) is 30.3 Å². The number of hydrogen-bond acceptors (Lipinski definition) is 3. The van der Waals surface area contributed by atoms with Gasteiger partial charge in [-0.05, 0) is 45.0 Å². The smallest absolute Gasteiger partial charge is 0.267 e. The minimum absolute atomic E-state index is 0.253. The lowest BCUT2D eigenvalue weighted by molar-refractivity contribution is 0.0358. The number of hydrogen-bond donors (Lipinski definition) is 1. The first-order valence-electron chi connectivity index (χ1n) is 7.54. The Labute approximate surface area is 141 Å².